The highest BCUT2D eigenvalue weighted by atomic mass is 32.1. The van der Waals surface area contributed by atoms with E-state index in [1.807, 2.05) is 0 Å². The Bertz CT molecular complexity index is 598. The summed E-state index contributed by atoms with van der Waals surface area (Å²) in [5, 5.41) is 1.28. The van der Waals surface area contributed by atoms with Gasteiger partial charge in [-0.15, -0.1) is 4.89 Å². The summed E-state index contributed by atoms with van der Waals surface area (Å²) in [6.07, 6.45) is -4.24. The van der Waals surface area contributed by atoms with Gasteiger partial charge < -0.3 is 4.74 Å². The number of rotatable bonds is 4. The average Bonchev–Trinajstić information content (AvgIpc) is 2.39. The average molecular weight is 286 g/mol. The smallest absolute Gasteiger partial charge is 0.419 e. The number of esters is 1. The molecule has 0 radical (unpaired) electrons. The molecule has 2 aromatic carbocycles. The SMILES string of the molecule is O=C(Oc1cccc2ccccc12)C(F)(F)OOS. The van der Waals surface area contributed by atoms with Crippen LogP contribution in [0.2, 0.25) is 0 Å². The topological polar surface area (TPSA) is 44.8 Å². The van der Waals surface area contributed by atoms with Crippen LogP contribution in [-0.2, 0) is 14.0 Å². The third-order valence-electron chi connectivity index (χ3n) is 2.33. The van der Waals surface area contributed by atoms with Crippen LogP contribution in [0, 0.1) is 0 Å². The Labute approximate surface area is 112 Å². The summed E-state index contributed by atoms with van der Waals surface area (Å²) in [7, 11) is 0. The van der Waals surface area contributed by atoms with Crippen molar-refractivity contribution in [1.82, 2.24) is 0 Å². The molecule has 0 heterocycles. The molecule has 0 saturated carbocycles. The molecule has 0 aromatic heterocycles. The van der Waals surface area contributed by atoms with Crippen LogP contribution in [0.15, 0.2) is 42.5 Å². The maximum Gasteiger partial charge on any atom is 0.483 e. The van der Waals surface area contributed by atoms with Crippen molar-refractivity contribution in [3.05, 3.63) is 42.5 Å². The number of ether oxygens (including phenoxy) is 1. The second-order valence-corrected chi connectivity index (χ2v) is 3.69. The Balaban J connectivity index is 2.29. The van der Waals surface area contributed by atoms with Crippen molar-refractivity contribution in [2.45, 2.75) is 6.11 Å². The monoisotopic (exact) mass is 286 g/mol. The summed E-state index contributed by atoms with van der Waals surface area (Å²) in [4.78, 5) is 14.7. The highest BCUT2D eigenvalue weighted by Crippen LogP contribution is 2.27. The van der Waals surface area contributed by atoms with Crippen molar-refractivity contribution in [2.24, 2.45) is 0 Å². The first-order chi connectivity index (χ1) is 9.04. The standard InChI is InChI=1S/C12H8F2O4S/c13-12(14,17-18-19)11(15)16-10-7-3-5-8-4-1-2-6-9(8)10/h1-7,19H. The molecule has 2 aromatic rings. The second-order valence-electron chi connectivity index (χ2n) is 3.54. The van der Waals surface area contributed by atoms with E-state index in [0.717, 1.165) is 5.39 Å². The van der Waals surface area contributed by atoms with Crippen LogP contribution >= 0.6 is 12.9 Å². The van der Waals surface area contributed by atoms with E-state index in [2.05, 4.69) is 26.9 Å². The number of carbonyl (C=O) groups is 1. The van der Waals surface area contributed by atoms with Gasteiger partial charge in [0.25, 0.3) is 0 Å². The first-order valence-corrected chi connectivity index (χ1v) is 5.48. The minimum atomic E-state index is -4.24. The number of thiol groups is 1. The van der Waals surface area contributed by atoms with Crippen LogP contribution < -0.4 is 4.74 Å². The van der Waals surface area contributed by atoms with Gasteiger partial charge in [-0.1, -0.05) is 36.4 Å². The van der Waals surface area contributed by atoms with Crippen molar-refractivity contribution in [3.63, 3.8) is 0 Å². The lowest BCUT2D eigenvalue weighted by molar-refractivity contribution is -0.366. The number of hydrogen-bond donors (Lipinski definition) is 1. The van der Waals surface area contributed by atoms with Crippen LogP contribution in [0.25, 0.3) is 10.8 Å². The van der Waals surface area contributed by atoms with Crippen molar-refractivity contribution in [3.8, 4) is 5.75 Å². The zero-order valence-corrected chi connectivity index (χ0v) is 10.3. The molecule has 0 aliphatic carbocycles. The molecule has 0 N–H and O–H groups in total. The van der Waals surface area contributed by atoms with E-state index in [0.29, 0.717) is 5.39 Å². The van der Waals surface area contributed by atoms with Crippen molar-refractivity contribution in [1.29, 1.82) is 0 Å². The Hall–Kier alpha value is -1.70. The van der Waals surface area contributed by atoms with Gasteiger partial charge in [-0.05, 0) is 11.5 Å². The fourth-order valence-corrected chi connectivity index (χ4v) is 1.62. The second kappa shape index (κ2) is 5.52. The van der Waals surface area contributed by atoms with Gasteiger partial charge in [-0.3, -0.25) is 0 Å². The van der Waals surface area contributed by atoms with Gasteiger partial charge in [0.15, 0.2) is 0 Å². The molecule has 0 spiro atoms. The predicted octanol–water partition coefficient (Wildman–Crippen LogP) is 3.13. The molecule has 0 saturated heterocycles. The van der Waals surface area contributed by atoms with Gasteiger partial charge in [0.2, 0.25) is 0 Å². The van der Waals surface area contributed by atoms with Crippen LogP contribution in [0.5, 0.6) is 5.75 Å². The number of benzene rings is 2. The Morgan fingerprint density at radius 3 is 2.53 bits per heavy atom. The number of hydrogen-bond acceptors (Lipinski definition) is 5. The minimum absolute atomic E-state index is 0.00513. The Morgan fingerprint density at radius 1 is 1.11 bits per heavy atom. The summed E-state index contributed by atoms with van der Waals surface area (Å²) in [6.45, 7) is 0. The highest BCUT2D eigenvalue weighted by Gasteiger charge is 2.45. The van der Waals surface area contributed by atoms with E-state index >= 15 is 0 Å². The zero-order chi connectivity index (χ0) is 13.9. The van der Waals surface area contributed by atoms with Gasteiger partial charge in [-0.2, -0.15) is 13.1 Å². The molecule has 0 bridgehead atoms. The van der Waals surface area contributed by atoms with Gasteiger partial charge in [-0.25, -0.2) is 4.79 Å². The third-order valence-corrected chi connectivity index (χ3v) is 2.41. The Kier molecular flexibility index (Phi) is 3.98. The first-order valence-electron chi connectivity index (χ1n) is 5.12. The zero-order valence-electron chi connectivity index (χ0n) is 9.38. The quantitative estimate of drug-likeness (QED) is 0.234. The van der Waals surface area contributed by atoms with Crippen LogP contribution in [0.1, 0.15) is 0 Å². The summed E-state index contributed by atoms with van der Waals surface area (Å²) in [6, 6.07) is 11.6. The van der Waals surface area contributed by atoms with E-state index in [1.165, 1.54) is 6.07 Å². The lowest BCUT2D eigenvalue weighted by Crippen LogP contribution is -2.35. The molecule has 0 aliphatic heterocycles. The van der Waals surface area contributed by atoms with Gasteiger partial charge in [0.05, 0.1) is 0 Å². The molecule has 0 amide bonds. The lowest BCUT2D eigenvalue weighted by atomic mass is 10.1. The van der Waals surface area contributed by atoms with Gasteiger partial charge >= 0.3 is 12.1 Å². The van der Waals surface area contributed by atoms with Crippen molar-refractivity contribution < 1.29 is 27.5 Å². The van der Waals surface area contributed by atoms with E-state index in [4.69, 9.17) is 0 Å². The van der Waals surface area contributed by atoms with Gasteiger partial charge in [0.1, 0.15) is 5.75 Å². The number of fused-ring (bicyclic) bond motifs is 1. The summed E-state index contributed by atoms with van der Waals surface area (Å²) in [5.41, 5.74) is 0. The maximum absolute atomic E-state index is 13.0. The highest BCUT2D eigenvalue weighted by molar-refractivity contribution is 7.74. The minimum Gasteiger partial charge on any atom is -0.419 e. The summed E-state index contributed by atoms with van der Waals surface area (Å²) < 4.78 is 34.2. The Morgan fingerprint density at radius 2 is 1.79 bits per heavy atom. The predicted molar refractivity (Wildman–Crippen MR) is 65.7 cm³/mol. The molecule has 0 fully saturated rings. The van der Waals surface area contributed by atoms with E-state index < -0.39 is 12.1 Å². The molecule has 0 aliphatic rings. The summed E-state index contributed by atoms with van der Waals surface area (Å²) in [5.74, 6) is -1.89. The molecule has 19 heavy (non-hydrogen) atoms. The van der Waals surface area contributed by atoms with Crippen LogP contribution in [-0.4, -0.2) is 12.1 Å². The fraction of sp³-hybridized carbons (Fsp3) is 0.0833. The third kappa shape index (κ3) is 3.01. The van der Waals surface area contributed by atoms with E-state index in [-0.39, 0.29) is 5.75 Å². The molecule has 4 nitrogen and oxygen atoms in total. The van der Waals surface area contributed by atoms with Gasteiger partial charge in [0, 0.05) is 18.3 Å². The molecule has 0 atom stereocenters. The molecular weight excluding hydrogens is 278 g/mol. The normalized spacial score (nSPS) is 11.5. The molecule has 0 unspecified atom stereocenters. The molecule has 100 valence electrons. The molecule has 7 heteroatoms. The number of halogens is 2. The summed E-state index contributed by atoms with van der Waals surface area (Å²) >= 11 is 2.98. The van der Waals surface area contributed by atoms with E-state index in [9.17, 15) is 13.6 Å². The largest absolute Gasteiger partial charge is 0.483 e. The van der Waals surface area contributed by atoms with E-state index in [1.54, 1.807) is 36.4 Å². The van der Waals surface area contributed by atoms with Crippen LogP contribution in [0.3, 0.4) is 0 Å². The number of alkyl halides is 2. The van der Waals surface area contributed by atoms with Crippen molar-refractivity contribution >= 4 is 29.7 Å². The van der Waals surface area contributed by atoms with Crippen LogP contribution in [0.4, 0.5) is 8.78 Å². The lowest BCUT2D eigenvalue weighted by Gasteiger charge is -2.13. The number of carbonyl (C=O) groups excluding carboxylic acids is 1. The van der Waals surface area contributed by atoms with Crippen molar-refractivity contribution in [2.75, 3.05) is 0 Å². The molecule has 2 rings (SSSR count). The fourth-order valence-electron chi connectivity index (χ4n) is 1.52. The maximum atomic E-state index is 13.0. The molecular formula is C12H8F2O4S. The first kappa shape index (κ1) is 13.7.